The lowest BCUT2D eigenvalue weighted by Gasteiger charge is -2.14. The molecule has 1 aliphatic carbocycles. The number of hydrogen-bond acceptors (Lipinski definition) is 4. The molecule has 29 heavy (non-hydrogen) atoms. The molecule has 0 fully saturated rings. The van der Waals surface area contributed by atoms with Crippen LogP contribution < -0.4 is 5.32 Å². The number of ether oxygens (including phenoxy) is 1. The zero-order valence-corrected chi connectivity index (χ0v) is 15.3. The number of carbonyl (C=O) groups is 2. The molecule has 1 amide bonds. The van der Waals surface area contributed by atoms with Crippen molar-refractivity contribution in [3.05, 3.63) is 89.0 Å². The molecule has 3 aromatic rings. The van der Waals surface area contributed by atoms with Gasteiger partial charge in [0.1, 0.15) is 6.61 Å². The first-order valence-corrected chi connectivity index (χ1v) is 9.01. The molecule has 0 saturated carbocycles. The van der Waals surface area contributed by atoms with Gasteiger partial charge in [0, 0.05) is 24.2 Å². The number of pyridine rings is 1. The standard InChI is InChI=1S/C22H17FN2O4/c23-19-13(9-10-24-20(19)21(26)27)11-25-22(28)29-12-18-16-7-3-1-5-14(16)15-6-2-4-8-17(15)18/h1-10,18H,11-12H2,(H,25,28)(H,26,27). The van der Waals surface area contributed by atoms with Gasteiger partial charge in [-0.25, -0.2) is 19.0 Å². The Morgan fingerprint density at radius 1 is 1.03 bits per heavy atom. The summed E-state index contributed by atoms with van der Waals surface area (Å²) in [5, 5.41) is 11.4. The number of hydrogen-bond donors (Lipinski definition) is 2. The maximum atomic E-state index is 14.1. The summed E-state index contributed by atoms with van der Waals surface area (Å²) in [7, 11) is 0. The number of carboxylic acid groups (broad SMARTS) is 1. The van der Waals surface area contributed by atoms with E-state index in [2.05, 4.69) is 10.3 Å². The Balaban J connectivity index is 1.42. The summed E-state index contributed by atoms with van der Waals surface area (Å²) in [6, 6.07) is 17.3. The molecule has 0 atom stereocenters. The van der Waals surface area contributed by atoms with Crippen LogP contribution in [0.5, 0.6) is 0 Å². The zero-order valence-electron chi connectivity index (χ0n) is 15.3. The van der Waals surface area contributed by atoms with Crippen molar-refractivity contribution in [1.29, 1.82) is 0 Å². The second kappa shape index (κ2) is 7.71. The van der Waals surface area contributed by atoms with Crippen LogP contribution in [0.4, 0.5) is 9.18 Å². The third kappa shape index (κ3) is 3.54. The summed E-state index contributed by atoms with van der Waals surface area (Å²) in [6.45, 7) is -0.0651. The fourth-order valence-corrected chi connectivity index (χ4v) is 3.59. The number of carbonyl (C=O) groups excluding carboxylic acids is 1. The van der Waals surface area contributed by atoms with Crippen LogP contribution >= 0.6 is 0 Å². The minimum Gasteiger partial charge on any atom is -0.476 e. The fraction of sp³-hybridized carbons (Fsp3) is 0.136. The van der Waals surface area contributed by atoms with Crippen LogP contribution in [0.1, 0.15) is 33.1 Å². The van der Waals surface area contributed by atoms with E-state index >= 15 is 0 Å². The molecular weight excluding hydrogens is 375 g/mol. The number of nitrogens with zero attached hydrogens (tertiary/aromatic N) is 1. The van der Waals surface area contributed by atoms with Crippen molar-refractivity contribution in [2.75, 3.05) is 6.61 Å². The lowest BCUT2D eigenvalue weighted by Crippen LogP contribution is -2.26. The summed E-state index contributed by atoms with van der Waals surface area (Å²) in [5.74, 6) is -2.52. The largest absolute Gasteiger partial charge is 0.476 e. The average Bonchev–Trinajstić information content (AvgIpc) is 3.05. The van der Waals surface area contributed by atoms with E-state index in [-0.39, 0.29) is 24.6 Å². The predicted octanol–water partition coefficient (Wildman–Crippen LogP) is 3.96. The molecule has 4 rings (SSSR count). The topological polar surface area (TPSA) is 88.5 Å². The van der Waals surface area contributed by atoms with Gasteiger partial charge in [-0.15, -0.1) is 0 Å². The monoisotopic (exact) mass is 392 g/mol. The SMILES string of the molecule is O=C(NCc1ccnc(C(=O)O)c1F)OCC1c2ccccc2-c2ccccc21. The average molecular weight is 392 g/mol. The third-order valence-electron chi connectivity index (χ3n) is 4.94. The lowest BCUT2D eigenvalue weighted by molar-refractivity contribution is 0.0684. The van der Waals surface area contributed by atoms with Gasteiger partial charge in [0.25, 0.3) is 0 Å². The zero-order chi connectivity index (χ0) is 20.4. The molecule has 0 radical (unpaired) electrons. The Kier molecular flexibility index (Phi) is 4.95. The van der Waals surface area contributed by atoms with Crippen molar-refractivity contribution in [3.8, 4) is 11.1 Å². The van der Waals surface area contributed by atoms with Crippen molar-refractivity contribution in [2.24, 2.45) is 0 Å². The molecule has 0 saturated heterocycles. The summed E-state index contributed by atoms with van der Waals surface area (Å²) in [6.07, 6.45) is 0.473. The van der Waals surface area contributed by atoms with Crippen LogP contribution in [0.15, 0.2) is 60.8 Å². The first kappa shape index (κ1) is 18.6. The summed E-state index contributed by atoms with van der Waals surface area (Å²) in [5.41, 5.74) is 3.76. The second-order valence-corrected chi connectivity index (χ2v) is 6.62. The van der Waals surface area contributed by atoms with Crippen molar-refractivity contribution in [3.63, 3.8) is 0 Å². The number of carboxylic acids is 1. The molecule has 6 nitrogen and oxygen atoms in total. The number of benzene rings is 2. The van der Waals surface area contributed by atoms with E-state index in [1.54, 1.807) is 0 Å². The Labute approximate surface area is 166 Å². The summed E-state index contributed by atoms with van der Waals surface area (Å²) < 4.78 is 19.5. The number of alkyl carbamates (subject to hydrolysis) is 1. The van der Waals surface area contributed by atoms with E-state index in [9.17, 15) is 14.0 Å². The van der Waals surface area contributed by atoms with Crippen LogP contribution in [0.3, 0.4) is 0 Å². The Bertz CT molecular complexity index is 1050. The number of aromatic carboxylic acids is 1. The minimum atomic E-state index is -1.47. The summed E-state index contributed by atoms with van der Waals surface area (Å²) in [4.78, 5) is 26.6. The molecule has 1 aliphatic rings. The van der Waals surface area contributed by atoms with Crippen LogP contribution in [-0.4, -0.2) is 28.8 Å². The fourth-order valence-electron chi connectivity index (χ4n) is 3.59. The van der Waals surface area contributed by atoms with Gasteiger partial charge in [0.05, 0.1) is 0 Å². The highest BCUT2D eigenvalue weighted by Crippen LogP contribution is 2.44. The number of amides is 1. The van der Waals surface area contributed by atoms with Crippen LogP contribution in [0.25, 0.3) is 11.1 Å². The van der Waals surface area contributed by atoms with Gasteiger partial charge in [-0.1, -0.05) is 48.5 Å². The van der Waals surface area contributed by atoms with Crippen LogP contribution in [0, 0.1) is 5.82 Å². The number of nitrogens with one attached hydrogen (secondary N) is 1. The van der Waals surface area contributed by atoms with Crippen molar-refractivity contribution in [1.82, 2.24) is 10.3 Å². The van der Waals surface area contributed by atoms with E-state index in [0.717, 1.165) is 22.3 Å². The van der Waals surface area contributed by atoms with Gasteiger partial charge in [0.2, 0.25) is 0 Å². The highest BCUT2D eigenvalue weighted by Gasteiger charge is 2.29. The van der Waals surface area contributed by atoms with Gasteiger partial charge < -0.3 is 15.2 Å². The molecule has 2 N–H and O–H groups in total. The second-order valence-electron chi connectivity index (χ2n) is 6.62. The lowest BCUT2D eigenvalue weighted by atomic mass is 9.98. The van der Waals surface area contributed by atoms with E-state index in [0.29, 0.717) is 0 Å². The molecular formula is C22H17FN2O4. The molecule has 1 aromatic heterocycles. The Hall–Kier alpha value is -3.74. The van der Waals surface area contributed by atoms with Gasteiger partial charge in [-0.3, -0.25) is 0 Å². The van der Waals surface area contributed by atoms with Gasteiger partial charge in [0.15, 0.2) is 11.5 Å². The predicted molar refractivity (Wildman–Crippen MR) is 103 cm³/mol. The smallest absolute Gasteiger partial charge is 0.407 e. The minimum absolute atomic E-state index is 0.0194. The third-order valence-corrected chi connectivity index (χ3v) is 4.94. The maximum absolute atomic E-state index is 14.1. The van der Waals surface area contributed by atoms with E-state index in [1.807, 2.05) is 48.5 Å². The molecule has 0 aliphatic heterocycles. The normalized spacial score (nSPS) is 12.2. The molecule has 0 spiro atoms. The molecule has 146 valence electrons. The first-order valence-electron chi connectivity index (χ1n) is 9.01. The van der Waals surface area contributed by atoms with E-state index < -0.39 is 23.6 Å². The van der Waals surface area contributed by atoms with Crippen molar-refractivity contribution < 1.29 is 23.8 Å². The number of halogens is 1. The highest BCUT2D eigenvalue weighted by atomic mass is 19.1. The number of rotatable bonds is 5. The van der Waals surface area contributed by atoms with Crippen LogP contribution in [0.2, 0.25) is 0 Å². The van der Waals surface area contributed by atoms with Crippen molar-refractivity contribution in [2.45, 2.75) is 12.5 Å². The first-order chi connectivity index (χ1) is 14.1. The summed E-state index contributed by atoms with van der Waals surface area (Å²) >= 11 is 0. The molecule has 0 bridgehead atoms. The van der Waals surface area contributed by atoms with Gasteiger partial charge >= 0.3 is 12.1 Å². The number of fused-ring (bicyclic) bond motifs is 3. The number of aromatic nitrogens is 1. The Morgan fingerprint density at radius 2 is 1.66 bits per heavy atom. The van der Waals surface area contributed by atoms with Gasteiger partial charge in [-0.05, 0) is 28.3 Å². The molecule has 0 unspecified atom stereocenters. The Morgan fingerprint density at radius 3 is 2.28 bits per heavy atom. The van der Waals surface area contributed by atoms with Crippen molar-refractivity contribution >= 4 is 12.1 Å². The highest BCUT2D eigenvalue weighted by molar-refractivity contribution is 5.85. The van der Waals surface area contributed by atoms with E-state index in [4.69, 9.17) is 9.84 Å². The maximum Gasteiger partial charge on any atom is 0.407 e. The van der Waals surface area contributed by atoms with Gasteiger partial charge in [-0.2, -0.15) is 0 Å². The molecule has 7 heteroatoms. The molecule has 2 aromatic carbocycles. The van der Waals surface area contributed by atoms with Crippen LogP contribution in [-0.2, 0) is 11.3 Å². The molecule has 1 heterocycles. The van der Waals surface area contributed by atoms with E-state index in [1.165, 1.54) is 12.3 Å². The quantitative estimate of drug-likeness (QED) is 0.686.